The molecule has 0 spiro atoms. The topological polar surface area (TPSA) is 96.0 Å². The fourth-order valence-electron chi connectivity index (χ4n) is 2.54. The minimum Gasteiger partial charge on any atom is -0.354 e. The first-order chi connectivity index (χ1) is 13.6. The summed E-state index contributed by atoms with van der Waals surface area (Å²) in [5, 5.41) is 8.58. The van der Waals surface area contributed by atoms with E-state index < -0.39 is 0 Å². The molecule has 0 aliphatic rings. The molecule has 7 nitrogen and oxygen atoms in total. The average Bonchev–Trinajstić information content (AvgIpc) is 2.70. The van der Waals surface area contributed by atoms with Crippen LogP contribution in [-0.4, -0.2) is 28.3 Å². The quantitative estimate of drug-likeness (QED) is 0.589. The van der Waals surface area contributed by atoms with E-state index in [0.29, 0.717) is 29.4 Å². The van der Waals surface area contributed by atoms with E-state index >= 15 is 0 Å². The number of benzene rings is 2. The highest BCUT2D eigenvalue weighted by Gasteiger charge is 2.08. The summed E-state index contributed by atoms with van der Waals surface area (Å²) in [5.74, 6) is 0.0293. The molecule has 3 N–H and O–H groups in total. The predicted molar refractivity (Wildman–Crippen MR) is 109 cm³/mol. The zero-order valence-electron chi connectivity index (χ0n) is 15.5. The third kappa shape index (κ3) is 5.63. The van der Waals surface area contributed by atoms with E-state index in [9.17, 15) is 9.59 Å². The molecule has 3 rings (SSSR count). The van der Waals surface area contributed by atoms with Crippen LogP contribution in [-0.2, 0) is 11.2 Å². The molecule has 0 fully saturated rings. The Bertz CT molecular complexity index is 925. The number of rotatable bonds is 7. The van der Waals surface area contributed by atoms with Crippen molar-refractivity contribution in [1.29, 1.82) is 0 Å². The van der Waals surface area contributed by atoms with Crippen LogP contribution in [0.5, 0.6) is 0 Å². The largest absolute Gasteiger partial charge is 0.354 e. The van der Waals surface area contributed by atoms with Crippen molar-refractivity contribution in [3.63, 3.8) is 0 Å². The van der Waals surface area contributed by atoms with Crippen LogP contribution in [0.4, 0.5) is 17.3 Å². The Morgan fingerprint density at radius 3 is 2.07 bits per heavy atom. The molecule has 0 bridgehead atoms. The molecule has 28 heavy (non-hydrogen) atoms. The van der Waals surface area contributed by atoms with Crippen molar-refractivity contribution in [2.75, 3.05) is 22.5 Å². The lowest BCUT2D eigenvalue weighted by molar-refractivity contribution is -0.114. The number of hydrogen-bond donors (Lipinski definition) is 3. The van der Waals surface area contributed by atoms with Crippen molar-refractivity contribution in [2.45, 2.75) is 13.3 Å². The van der Waals surface area contributed by atoms with Crippen molar-refractivity contribution < 1.29 is 9.59 Å². The molecular weight excluding hydrogens is 354 g/mol. The molecule has 2 amide bonds. The van der Waals surface area contributed by atoms with Gasteiger partial charge in [-0.2, -0.15) is 0 Å². The lowest BCUT2D eigenvalue weighted by Gasteiger charge is -2.08. The van der Waals surface area contributed by atoms with E-state index in [2.05, 4.69) is 38.1 Å². The van der Waals surface area contributed by atoms with E-state index in [0.717, 1.165) is 6.42 Å². The van der Waals surface area contributed by atoms with Gasteiger partial charge in [-0.1, -0.05) is 30.3 Å². The van der Waals surface area contributed by atoms with Crippen molar-refractivity contribution in [1.82, 2.24) is 9.97 Å². The molecule has 0 unspecified atom stereocenters. The summed E-state index contributed by atoms with van der Waals surface area (Å²) in [4.78, 5) is 31.7. The number of carbonyl (C=O) groups is 2. The van der Waals surface area contributed by atoms with Crippen LogP contribution in [0.25, 0.3) is 0 Å². The summed E-state index contributed by atoms with van der Waals surface area (Å²) < 4.78 is 0. The molecule has 0 atom stereocenters. The maximum Gasteiger partial charge on any atom is 0.258 e. The third-order valence-corrected chi connectivity index (χ3v) is 3.92. The number of anilines is 3. The molecule has 0 saturated heterocycles. The Kier molecular flexibility index (Phi) is 6.30. The van der Waals surface area contributed by atoms with Gasteiger partial charge in [-0.15, -0.1) is 0 Å². The van der Waals surface area contributed by atoms with Gasteiger partial charge in [-0.05, 0) is 36.2 Å². The maximum absolute atomic E-state index is 12.3. The van der Waals surface area contributed by atoms with Crippen LogP contribution in [0.15, 0.2) is 67.0 Å². The molecule has 0 aliphatic carbocycles. The molecule has 1 heterocycles. The van der Waals surface area contributed by atoms with E-state index in [-0.39, 0.29) is 11.8 Å². The van der Waals surface area contributed by atoms with Crippen LogP contribution in [0, 0.1) is 0 Å². The molecule has 142 valence electrons. The first kappa shape index (κ1) is 19.0. The zero-order valence-corrected chi connectivity index (χ0v) is 15.5. The Labute approximate surface area is 163 Å². The molecule has 0 radical (unpaired) electrons. The normalized spacial score (nSPS) is 10.2. The summed E-state index contributed by atoms with van der Waals surface area (Å²) in [6.07, 6.45) is 3.83. The average molecular weight is 375 g/mol. The van der Waals surface area contributed by atoms with E-state index in [4.69, 9.17) is 0 Å². The van der Waals surface area contributed by atoms with Crippen molar-refractivity contribution in [2.24, 2.45) is 0 Å². The fraction of sp³-hybridized carbons (Fsp3) is 0.143. The third-order valence-electron chi connectivity index (χ3n) is 3.92. The summed E-state index contributed by atoms with van der Waals surface area (Å²) in [5.41, 5.74) is 2.87. The van der Waals surface area contributed by atoms with Crippen LogP contribution in [0.2, 0.25) is 0 Å². The van der Waals surface area contributed by atoms with Crippen molar-refractivity contribution >= 4 is 29.1 Å². The molecule has 0 aliphatic heterocycles. The summed E-state index contributed by atoms with van der Waals surface area (Å²) >= 11 is 0. The van der Waals surface area contributed by atoms with Gasteiger partial charge in [0, 0.05) is 37.2 Å². The SMILES string of the molecule is CC(=O)Nc1ccc(NC(=O)c2cnc(NCCc3ccccc3)nc2)cc1. The first-order valence-corrected chi connectivity index (χ1v) is 8.89. The summed E-state index contributed by atoms with van der Waals surface area (Å²) in [6.45, 7) is 2.14. The van der Waals surface area contributed by atoms with E-state index in [1.54, 1.807) is 24.3 Å². The van der Waals surface area contributed by atoms with Gasteiger partial charge in [0.05, 0.1) is 5.56 Å². The van der Waals surface area contributed by atoms with Gasteiger partial charge in [0.15, 0.2) is 0 Å². The summed E-state index contributed by atoms with van der Waals surface area (Å²) in [7, 11) is 0. The van der Waals surface area contributed by atoms with E-state index in [1.165, 1.54) is 24.9 Å². The molecule has 1 aromatic heterocycles. The van der Waals surface area contributed by atoms with Crippen molar-refractivity contribution in [3.8, 4) is 0 Å². The van der Waals surface area contributed by atoms with Gasteiger partial charge in [0.1, 0.15) is 0 Å². The minimum atomic E-state index is -0.303. The first-order valence-electron chi connectivity index (χ1n) is 8.89. The van der Waals surface area contributed by atoms with E-state index in [1.807, 2.05) is 18.2 Å². The van der Waals surface area contributed by atoms with Crippen LogP contribution in [0.1, 0.15) is 22.8 Å². The van der Waals surface area contributed by atoms with Crippen LogP contribution in [0.3, 0.4) is 0 Å². The highest BCUT2D eigenvalue weighted by Crippen LogP contribution is 2.14. The predicted octanol–water partition coefficient (Wildman–Crippen LogP) is 3.34. The van der Waals surface area contributed by atoms with Crippen LogP contribution >= 0.6 is 0 Å². The molecule has 2 aromatic carbocycles. The van der Waals surface area contributed by atoms with Gasteiger partial charge in [0.2, 0.25) is 11.9 Å². The second kappa shape index (κ2) is 9.27. The maximum atomic E-state index is 12.3. The molecule has 7 heteroatoms. The van der Waals surface area contributed by atoms with Crippen molar-refractivity contribution in [3.05, 3.63) is 78.1 Å². The minimum absolute atomic E-state index is 0.147. The Balaban J connectivity index is 1.51. The second-order valence-electron chi connectivity index (χ2n) is 6.17. The Morgan fingerprint density at radius 1 is 0.857 bits per heavy atom. The highest BCUT2D eigenvalue weighted by molar-refractivity contribution is 6.04. The van der Waals surface area contributed by atoms with Gasteiger partial charge < -0.3 is 16.0 Å². The summed E-state index contributed by atoms with van der Waals surface area (Å²) in [6, 6.07) is 17.0. The fourth-order valence-corrected chi connectivity index (χ4v) is 2.54. The number of aromatic nitrogens is 2. The number of nitrogens with one attached hydrogen (secondary N) is 3. The smallest absolute Gasteiger partial charge is 0.258 e. The van der Waals surface area contributed by atoms with Gasteiger partial charge in [-0.3, -0.25) is 9.59 Å². The number of nitrogens with zero attached hydrogens (tertiary/aromatic N) is 2. The molecular formula is C21H21N5O2. The molecule has 0 saturated carbocycles. The lowest BCUT2D eigenvalue weighted by atomic mass is 10.1. The molecule has 3 aromatic rings. The van der Waals surface area contributed by atoms with Gasteiger partial charge >= 0.3 is 0 Å². The lowest BCUT2D eigenvalue weighted by Crippen LogP contribution is -2.14. The van der Waals surface area contributed by atoms with Gasteiger partial charge in [0.25, 0.3) is 5.91 Å². The number of amides is 2. The Morgan fingerprint density at radius 2 is 1.46 bits per heavy atom. The van der Waals surface area contributed by atoms with Gasteiger partial charge in [-0.25, -0.2) is 9.97 Å². The second-order valence-corrected chi connectivity index (χ2v) is 6.17. The van der Waals surface area contributed by atoms with Crippen LogP contribution < -0.4 is 16.0 Å². The number of hydrogen-bond acceptors (Lipinski definition) is 5. The Hall–Kier alpha value is -3.74. The standard InChI is InChI=1S/C21H21N5O2/c1-15(27)25-18-7-9-19(10-8-18)26-20(28)17-13-23-21(24-14-17)22-12-11-16-5-3-2-4-6-16/h2-10,13-14H,11-12H2,1H3,(H,25,27)(H,26,28)(H,22,23,24). The monoisotopic (exact) mass is 375 g/mol. The number of carbonyl (C=O) groups excluding carboxylic acids is 2. The zero-order chi connectivity index (χ0) is 19.8. The highest BCUT2D eigenvalue weighted by atomic mass is 16.2.